The molecule has 1 fully saturated rings. The maximum absolute atomic E-state index is 13.4. The summed E-state index contributed by atoms with van der Waals surface area (Å²) in [6.45, 7) is 11.9. The van der Waals surface area contributed by atoms with Gasteiger partial charge in [-0.1, -0.05) is 49.1 Å². The fourth-order valence-electron chi connectivity index (χ4n) is 4.96. The van der Waals surface area contributed by atoms with Crippen LogP contribution in [0.4, 0.5) is 0 Å². The Labute approximate surface area is 196 Å². The summed E-state index contributed by atoms with van der Waals surface area (Å²) in [5.74, 6) is 0.310. The normalized spacial score (nSPS) is 22.5. The molecule has 6 nitrogen and oxygen atoms in total. The van der Waals surface area contributed by atoms with Gasteiger partial charge in [-0.05, 0) is 44.9 Å². The molecule has 174 valence electrons. The van der Waals surface area contributed by atoms with E-state index in [0.717, 1.165) is 16.9 Å². The Morgan fingerprint density at radius 3 is 2.73 bits per heavy atom. The quantitative estimate of drug-likeness (QED) is 0.667. The topological polar surface area (TPSA) is 70.7 Å². The molecule has 0 unspecified atom stereocenters. The molecule has 33 heavy (non-hydrogen) atoms. The molecule has 2 atom stereocenters. The molecule has 0 aliphatic carbocycles. The average Bonchev–Trinajstić information content (AvgIpc) is 3.09. The van der Waals surface area contributed by atoms with E-state index in [4.69, 9.17) is 4.74 Å². The highest BCUT2D eigenvalue weighted by atomic mass is 16.5. The average molecular weight is 448 g/mol. The highest BCUT2D eigenvalue weighted by Gasteiger charge is 2.53. The lowest BCUT2D eigenvalue weighted by Gasteiger charge is -2.40. The molecular formula is C27H33N3O3. The van der Waals surface area contributed by atoms with Crippen LogP contribution in [0.3, 0.4) is 0 Å². The van der Waals surface area contributed by atoms with Crippen LogP contribution in [-0.2, 0) is 17.8 Å². The lowest BCUT2D eigenvalue weighted by atomic mass is 9.76. The van der Waals surface area contributed by atoms with Gasteiger partial charge in [0.1, 0.15) is 12.4 Å². The van der Waals surface area contributed by atoms with Crippen LogP contribution < -0.4 is 15.4 Å². The van der Waals surface area contributed by atoms with Crippen molar-refractivity contribution in [2.45, 2.75) is 44.8 Å². The second-order valence-corrected chi connectivity index (χ2v) is 10.1. The van der Waals surface area contributed by atoms with Gasteiger partial charge in [0.15, 0.2) is 0 Å². The summed E-state index contributed by atoms with van der Waals surface area (Å²) in [4.78, 5) is 28.7. The second-order valence-electron chi connectivity index (χ2n) is 10.1. The van der Waals surface area contributed by atoms with Gasteiger partial charge < -0.3 is 15.4 Å². The first-order valence-corrected chi connectivity index (χ1v) is 11.5. The Kier molecular flexibility index (Phi) is 6.30. The van der Waals surface area contributed by atoms with Crippen molar-refractivity contribution in [2.75, 3.05) is 19.7 Å². The van der Waals surface area contributed by atoms with E-state index in [1.54, 1.807) is 6.08 Å². The van der Waals surface area contributed by atoms with Gasteiger partial charge in [0.05, 0.1) is 11.5 Å². The molecule has 0 radical (unpaired) electrons. The predicted molar refractivity (Wildman–Crippen MR) is 129 cm³/mol. The van der Waals surface area contributed by atoms with Crippen molar-refractivity contribution >= 4 is 11.8 Å². The van der Waals surface area contributed by atoms with Gasteiger partial charge in [0, 0.05) is 36.3 Å². The minimum absolute atomic E-state index is 0.0270. The largest absolute Gasteiger partial charge is 0.489 e. The van der Waals surface area contributed by atoms with Crippen molar-refractivity contribution in [3.05, 3.63) is 77.9 Å². The highest BCUT2D eigenvalue weighted by molar-refractivity contribution is 5.98. The predicted octanol–water partition coefficient (Wildman–Crippen LogP) is 3.32. The molecular weight excluding hydrogens is 414 g/mol. The third-order valence-electron chi connectivity index (χ3n) is 6.28. The summed E-state index contributed by atoms with van der Waals surface area (Å²) in [6, 6.07) is 15.6. The number of benzene rings is 2. The number of rotatable bonds is 6. The number of likely N-dealkylation sites (tertiary alicyclic amines) is 1. The molecule has 2 heterocycles. The summed E-state index contributed by atoms with van der Waals surface area (Å²) in [5, 5.41) is 6.39. The lowest BCUT2D eigenvalue weighted by molar-refractivity contribution is -0.127. The number of carbonyl (C=O) groups excluding carboxylic acids is 2. The van der Waals surface area contributed by atoms with Gasteiger partial charge in [-0.3, -0.25) is 14.5 Å². The van der Waals surface area contributed by atoms with Gasteiger partial charge in [0.25, 0.3) is 5.91 Å². The smallest absolute Gasteiger partial charge is 0.252 e. The van der Waals surface area contributed by atoms with Crippen molar-refractivity contribution in [1.82, 2.24) is 15.5 Å². The van der Waals surface area contributed by atoms with E-state index in [-0.39, 0.29) is 23.3 Å². The second kappa shape index (κ2) is 9.02. The molecule has 6 heteroatoms. The Morgan fingerprint density at radius 1 is 1.24 bits per heavy atom. The molecule has 4 rings (SSSR count). The molecule has 2 aromatic carbocycles. The Morgan fingerprint density at radius 2 is 1.97 bits per heavy atom. The van der Waals surface area contributed by atoms with Crippen LogP contribution >= 0.6 is 0 Å². The van der Waals surface area contributed by atoms with Crippen molar-refractivity contribution in [3.8, 4) is 5.75 Å². The number of nitrogens with zero attached hydrogens (tertiary/aromatic N) is 1. The first kappa shape index (κ1) is 23.1. The molecule has 0 saturated carbocycles. The van der Waals surface area contributed by atoms with Crippen LogP contribution in [0.15, 0.2) is 61.2 Å². The number of hydrogen-bond donors (Lipinski definition) is 2. The van der Waals surface area contributed by atoms with Crippen molar-refractivity contribution in [3.63, 3.8) is 0 Å². The molecule has 2 N–H and O–H groups in total. The fourth-order valence-corrected chi connectivity index (χ4v) is 4.96. The van der Waals surface area contributed by atoms with Gasteiger partial charge in [0.2, 0.25) is 5.91 Å². The minimum Gasteiger partial charge on any atom is -0.489 e. The number of hydrogen-bond acceptors (Lipinski definition) is 4. The maximum Gasteiger partial charge on any atom is 0.252 e. The zero-order chi connectivity index (χ0) is 23.6. The summed E-state index contributed by atoms with van der Waals surface area (Å²) >= 11 is 0. The number of nitrogens with one attached hydrogen (secondary N) is 2. The molecule has 2 aliphatic rings. The standard InChI is InChI=1S/C27H33N3O3/c1-5-14-33-23-13-9-7-11-20(23)16-30-17-22(25(32)28-26(2,3)4)27(18-30)15-19-10-6-8-12-21(19)24(31)29-27/h5-13,22H,1,14-18H2,2-4H3,(H,28,32)(H,29,31)/t22-,27+/m0/s1. The first-order valence-electron chi connectivity index (χ1n) is 11.5. The fraction of sp³-hybridized carbons (Fsp3) is 0.407. The van der Waals surface area contributed by atoms with Crippen LogP contribution in [-0.4, -0.2) is 47.5 Å². The van der Waals surface area contributed by atoms with Crippen molar-refractivity contribution in [2.24, 2.45) is 5.92 Å². The first-order chi connectivity index (χ1) is 15.7. The monoisotopic (exact) mass is 447 g/mol. The van der Waals surface area contributed by atoms with Gasteiger partial charge in [-0.15, -0.1) is 0 Å². The molecule has 2 aliphatic heterocycles. The van der Waals surface area contributed by atoms with E-state index < -0.39 is 5.54 Å². The van der Waals surface area contributed by atoms with E-state index in [1.165, 1.54) is 0 Å². The number of amides is 2. The van der Waals surface area contributed by atoms with Crippen LogP contribution in [0.25, 0.3) is 0 Å². The Bertz CT molecular complexity index is 1060. The van der Waals surface area contributed by atoms with E-state index in [2.05, 4.69) is 22.1 Å². The van der Waals surface area contributed by atoms with E-state index in [1.807, 2.05) is 69.3 Å². The van der Waals surface area contributed by atoms with Crippen molar-refractivity contribution in [1.29, 1.82) is 0 Å². The molecule has 2 aromatic rings. The van der Waals surface area contributed by atoms with E-state index in [9.17, 15) is 9.59 Å². The minimum atomic E-state index is -0.655. The van der Waals surface area contributed by atoms with Gasteiger partial charge >= 0.3 is 0 Å². The van der Waals surface area contributed by atoms with E-state index >= 15 is 0 Å². The number of fused-ring (bicyclic) bond motifs is 1. The molecule has 1 saturated heterocycles. The zero-order valence-corrected chi connectivity index (χ0v) is 19.7. The number of para-hydroxylation sites is 1. The molecule has 1 spiro atoms. The van der Waals surface area contributed by atoms with Crippen LogP contribution in [0.5, 0.6) is 5.75 Å². The summed E-state index contributed by atoms with van der Waals surface area (Å²) < 4.78 is 5.84. The lowest BCUT2D eigenvalue weighted by Crippen LogP contribution is -2.62. The number of ether oxygens (including phenoxy) is 1. The van der Waals surface area contributed by atoms with Crippen LogP contribution in [0.1, 0.15) is 42.3 Å². The SMILES string of the molecule is C=CCOc1ccccc1CN1C[C@@H](C(=O)NC(C)(C)C)[C@@]2(Cc3ccccc3C(=O)N2)C1. The van der Waals surface area contributed by atoms with E-state index in [0.29, 0.717) is 38.2 Å². The summed E-state index contributed by atoms with van der Waals surface area (Å²) in [6.07, 6.45) is 2.35. The maximum atomic E-state index is 13.4. The molecule has 0 bridgehead atoms. The Hall–Kier alpha value is -3.12. The Balaban J connectivity index is 1.64. The third-order valence-corrected chi connectivity index (χ3v) is 6.28. The van der Waals surface area contributed by atoms with Gasteiger partial charge in [-0.25, -0.2) is 0 Å². The highest BCUT2D eigenvalue weighted by Crippen LogP contribution is 2.37. The molecule has 0 aromatic heterocycles. The number of carbonyl (C=O) groups is 2. The van der Waals surface area contributed by atoms with Crippen LogP contribution in [0, 0.1) is 5.92 Å². The van der Waals surface area contributed by atoms with Crippen molar-refractivity contribution < 1.29 is 14.3 Å². The summed E-state index contributed by atoms with van der Waals surface area (Å²) in [5.41, 5.74) is 1.73. The molecule has 2 amide bonds. The van der Waals surface area contributed by atoms with Crippen LogP contribution in [0.2, 0.25) is 0 Å². The third kappa shape index (κ3) is 4.96. The van der Waals surface area contributed by atoms with Gasteiger partial charge in [-0.2, -0.15) is 0 Å². The summed E-state index contributed by atoms with van der Waals surface area (Å²) in [7, 11) is 0. The zero-order valence-electron chi connectivity index (χ0n) is 19.7.